The zero-order valence-electron chi connectivity index (χ0n) is 14.5. The van der Waals surface area contributed by atoms with E-state index >= 15 is 0 Å². The molecule has 0 radical (unpaired) electrons. The molecule has 1 fully saturated rings. The van der Waals surface area contributed by atoms with Crippen molar-refractivity contribution in [2.24, 2.45) is 0 Å². The molecule has 6 nitrogen and oxygen atoms in total. The standard InChI is InChI=1S/C20H16FN3O3/c1-20(15-4-2-3-13(11-15)12-22)18(26)24(19(27)23-20)10-9-17(25)14-5-7-16(21)8-6-14/h2-8,11H,9-10H2,1H3,(H,23,27)/t20-/m1/s1. The summed E-state index contributed by atoms with van der Waals surface area (Å²) >= 11 is 0. The lowest BCUT2D eigenvalue weighted by atomic mass is 9.91. The van der Waals surface area contributed by atoms with E-state index in [0.717, 1.165) is 4.90 Å². The molecule has 1 aliphatic heterocycles. The molecule has 136 valence electrons. The van der Waals surface area contributed by atoms with Crippen molar-refractivity contribution < 1.29 is 18.8 Å². The summed E-state index contributed by atoms with van der Waals surface area (Å²) in [7, 11) is 0. The minimum atomic E-state index is -1.30. The van der Waals surface area contributed by atoms with E-state index in [1.807, 2.05) is 6.07 Å². The van der Waals surface area contributed by atoms with Crippen molar-refractivity contribution in [3.63, 3.8) is 0 Å². The molecule has 27 heavy (non-hydrogen) atoms. The second kappa shape index (κ2) is 7.00. The smallest absolute Gasteiger partial charge is 0.319 e. The minimum absolute atomic E-state index is 0.0703. The average molecular weight is 365 g/mol. The summed E-state index contributed by atoms with van der Waals surface area (Å²) in [5.41, 5.74) is -0.121. The van der Waals surface area contributed by atoms with E-state index in [4.69, 9.17) is 5.26 Å². The average Bonchev–Trinajstić information content (AvgIpc) is 2.90. The van der Waals surface area contributed by atoms with Gasteiger partial charge in [0, 0.05) is 18.5 Å². The van der Waals surface area contributed by atoms with Crippen molar-refractivity contribution in [1.82, 2.24) is 10.2 Å². The van der Waals surface area contributed by atoms with Gasteiger partial charge in [0.25, 0.3) is 5.91 Å². The Balaban J connectivity index is 1.75. The summed E-state index contributed by atoms with van der Waals surface area (Å²) < 4.78 is 12.9. The van der Waals surface area contributed by atoms with Crippen molar-refractivity contribution in [3.8, 4) is 6.07 Å². The van der Waals surface area contributed by atoms with Crippen LogP contribution in [0, 0.1) is 17.1 Å². The first kappa shape index (κ1) is 18.3. The zero-order chi connectivity index (χ0) is 19.6. The van der Waals surface area contributed by atoms with Gasteiger partial charge in [0.1, 0.15) is 11.4 Å². The lowest BCUT2D eigenvalue weighted by molar-refractivity contribution is -0.131. The first-order valence-corrected chi connectivity index (χ1v) is 8.28. The van der Waals surface area contributed by atoms with E-state index in [9.17, 15) is 18.8 Å². The van der Waals surface area contributed by atoms with Gasteiger partial charge < -0.3 is 5.32 Å². The zero-order valence-corrected chi connectivity index (χ0v) is 14.5. The maximum absolute atomic E-state index is 12.9. The molecule has 1 N–H and O–H groups in total. The maximum atomic E-state index is 12.9. The van der Waals surface area contributed by atoms with Crippen LogP contribution >= 0.6 is 0 Å². The van der Waals surface area contributed by atoms with Crippen LogP contribution in [0.4, 0.5) is 9.18 Å². The molecule has 0 aromatic heterocycles. The van der Waals surface area contributed by atoms with Gasteiger partial charge in [-0.05, 0) is 48.9 Å². The fraction of sp³-hybridized carbons (Fsp3) is 0.200. The predicted octanol–water partition coefficient (Wildman–Crippen LogP) is 2.74. The van der Waals surface area contributed by atoms with Crippen LogP contribution in [0.3, 0.4) is 0 Å². The van der Waals surface area contributed by atoms with Crippen molar-refractivity contribution in [2.75, 3.05) is 6.54 Å². The van der Waals surface area contributed by atoms with Gasteiger partial charge in [-0.1, -0.05) is 12.1 Å². The number of rotatable bonds is 5. The van der Waals surface area contributed by atoms with Gasteiger partial charge in [-0.3, -0.25) is 14.5 Å². The topological polar surface area (TPSA) is 90.3 Å². The molecule has 0 bridgehead atoms. The van der Waals surface area contributed by atoms with Crippen LogP contribution < -0.4 is 5.32 Å². The first-order chi connectivity index (χ1) is 12.8. The molecule has 1 saturated heterocycles. The molecule has 1 atom stereocenters. The monoisotopic (exact) mass is 365 g/mol. The van der Waals surface area contributed by atoms with Crippen LogP contribution in [-0.4, -0.2) is 29.2 Å². The van der Waals surface area contributed by atoms with Crippen LogP contribution in [0.1, 0.15) is 34.8 Å². The summed E-state index contributed by atoms with van der Waals surface area (Å²) in [5.74, 6) is -1.24. The Labute approximate surface area is 155 Å². The SMILES string of the molecule is C[C@]1(c2cccc(C#N)c2)NC(=O)N(CCC(=O)c2ccc(F)cc2)C1=O. The minimum Gasteiger partial charge on any atom is -0.319 e. The number of carbonyl (C=O) groups is 3. The lowest BCUT2D eigenvalue weighted by Crippen LogP contribution is -2.41. The molecule has 0 unspecified atom stereocenters. The third-order valence-corrected chi connectivity index (χ3v) is 4.57. The summed E-state index contributed by atoms with van der Waals surface area (Å²) in [4.78, 5) is 38.3. The highest BCUT2D eigenvalue weighted by atomic mass is 19.1. The summed E-state index contributed by atoms with van der Waals surface area (Å²) in [6.07, 6.45) is -0.0703. The molecule has 2 aromatic carbocycles. The summed E-state index contributed by atoms with van der Waals surface area (Å²) in [6.45, 7) is 1.47. The normalized spacial score (nSPS) is 18.9. The number of nitriles is 1. The largest absolute Gasteiger partial charge is 0.325 e. The number of carbonyl (C=O) groups excluding carboxylic acids is 3. The number of hydrogen-bond acceptors (Lipinski definition) is 4. The number of Topliss-reactive ketones (excluding diaryl/α,β-unsaturated/α-hetero) is 1. The Morgan fingerprint density at radius 3 is 2.59 bits per heavy atom. The van der Waals surface area contributed by atoms with E-state index in [0.29, 0.717) is 16.7 Å². The van der Waals surface area contributed by atoms with Gasteiger partial charge >= 0.3 is 6.03 Å². The van der Waals surface area contributed by atoms with Gasteiger partial charge in [-0.15, -0.1) is 0 Å². The number of amides is 3. The second-order valence-corrected chi connectivity index (χ2v) is 6.38. The first-order valence-electron chi connectivity index (χ1n) is 8.28. The number of hydrogen-bond donors (Lipinski definition) is 1. The highest BCUT2D eigenvalue weighted by Gasteiger charge is 2.48. The number of halogens is 1. The lowest BCUT2D eigenvalue weighted by Gasteiger charge is -2.22. The molecule has 1 aliphatic rings. The number of urea groups is 1. The molecular weight excluding hydrogens is 349 g/mol. The van der Waals surface area contributed by atoms with Gasteiger partial charge in [0.2, 0.25) is 0 Å². The molecule has 1 heterocycles. The van der Waals surface area contributed by atoms with E-state index in [2.05, 4.69) is 5.32 Å². The quantitative estimate of drug-likeness (QED) is 0.652. The molecule has 0 saturated carbocycles. The molecular formula is C20H16FN3O3. The van der Waals surface area contributed by atoms with E-state index in [1.165, 1.54) is 24.3 Å². The molecule has 2 aromatic rings. The molecule has 7 heteroatoms. The van der Waals surface area contributed by atoms with Crippen LogP contribution in [-0.2, 0) is 10.3 Å². The van der Waals surface area contributed by atoms with Crippen molar-refractivity contribution in [2.45, 2.75) is 18.9 Å². The number of ketones is 1. The number of nitrogens with zero attached hydrogens (tertiary/aromatic N) is 2. The van der Waals surface area contributed by atoms with Crippen molar-refractivity contribution in [3.05, 3.63) is 71.0 Å². The highest BCUT2D eigenvalue weighted by molar-refractivity contribution is 6.07. The molecule has 3 rings (SSSR count). The predicted molar refractivity (Wildman–Crippen MR) is 94.1 cm³/mol. The van der Waals surface area contributed by atoms with E-state index < -0.39 is 23.3 Å². The highest BCUT2D eigenvalue weighted by Crippen LogP contribution is 2.29. The Kier molecular flexibility index (Phi) is 4.74. The summed E-state index contributed by atoms with van der Waals surface area (Å²) in [6, 6.07) is 12.9. The van der Waals surface area contributed by atoms with E-state index in [1.54, 1.807) is 31.2 Å². The van der Waals surface area contributed by atoms with Crippen molar-refractivity contribution in [1.29, 1.82) is 5.26 Å². The van der Waals surface area contributed by atoms with Crippen LogP contribution in [0.5, 0.6) is 0 Å². The van der Waals surface area contributed by atoms with Crippen LogP contribution in [0.15, 0.2) is 48.5 Å². The Bertz CT molecular complexity index is 965. The Morgan fingerprint density at radius 1 is 1.22 bits per heavy atom. The van der Waals surface area contributed by atoms with Crippen LogP contribution in [0.2, 0.25) is 0 Å². The Morgan fingerprint density at radius 2 is 1.93 bits per heavy atom. The fourth-order valence-electron chi connectivity index (χ4n) is 2.99. The molecule has 0 aliphatic carbocycles. The number of imide groups is 1. The van der Waals surface area contributed by atoms with E-state index in [-0.39, 0.29) is 18.7 Å². The number of benzene rings is 2. The molecule has 0 spiro atoms. The van der Waals surface area contributed by atoms with Gasteiger partial charge in [-0.2, -0.15) is 5.26 Å². The molecule has 3 amide bonds. The number of nitrogens with one attached hydrogen (secondary N) is 1. The third-order valence-electron chi connectivity index (χ3n) is 4.57. The third kappa shape index (κ3) is 3.42. The van der Waals surface area contributed by atoms with Crippen LogP contribution in [0.25, 0.3) is 0 Å². The second-order valence-electron chi connectivity index (χ2n) is 6.38. The van der Waals surface area contributed by atoms with Crippen molar-refractivity contribution >= 4 is 17.7 Å². The fourth-order valence-corrected chi connectivity index (χ4v) is 2.99. The van der Waals surface area contributed by atoms with Gasteiger partial charge in [-0.25, -0.2) is 9.18 Å². The maximum Gasteiger partial charge on any atom is 0.325 e. The van der Waals surface area contributed by atoms with Gasteiger partial charge in [0.05, 0.1) is 11.6 Å². The summed E-state index contributed by atoms with van der Waals surface area (Å²) in [5, 5.41) is 11.7. The van der Waals surface area contributed by atoms with Gasteiger partial charge in [0.15, 0.2) is 5.78 Å². The Hall–Kier alpha value is -3.53.